The summed E-state index contributed by atoms with van der Waals surface area (Å²) in [7, 11) is 0. The third-order valence-electron chi connectivity index (χ3n) is 13.8. The van der Waals surface area contributed by atoms with Crippen LogP contribution in [0.25, 0.3) is 10.9 Å². The van der Waals surface area contributed by atoms with E-state index >= 15 is 0 Å². The number of piperidine rings is 1. The third-order valence-corrected chi connectivity index (χ3v) is 13.8. The third kappa shape index (κ3) is 9.05. The summed E-state index contributed by atoms with van der Waals surface area (Å²) in [4.78, 5) is 52.6. The molecule has 3 amide bonds. The first-order valence-electron chi connectivity index (χ1n) is 20.7. The second-order valence-corrected chi connectivity index (χ2v) is 17.7. The molecular weight excluding hydrogens is 709 g/mol. The number of rotatable bonds is 10. The summed E-state index contributed by atoms with van der Waals surface area (Å²) in [5.41, 5.74) is 5.51. The number of benzene rings is 1. The minimum Gasteiger partial charge on any atom is -0.369 e. The van der Waals surface area contributed by atoms with Crippen LogP contribution in [-0.2, 0) is 20.6 Å². The molecule has 3 saturated carbocycles. The maximum Gasteiger partial charge on any atom is 0.416 e. The predicted molar refractivity (Wildman–Crippen MR) is 205 cm³/mol. The zero-order valence-corrected chi connectivity index (χ0v) is 32.4. The van der Waals surface area contributed by atoms with E-state index in [1.165, 1.54) is 25.2 Å². The topological polar surface area (TPSA) is 146 Å². The molecule has 1 aromatic carbocycles. The average Bonchev–Trinajstić information content (AvgIpc) is 3.53. The van der Waals surface area contributed by atoms with E-state index in [2.05, 4.69) is 44.7 Å². The van der Waals surface area contributed by atoms with Crippen molar-refractivity contribution in [3.63, 3.8) is 0 Å². The minimum absolute atomic E-state index is 0.0402. The summed E-state index contributed by atoms with van der Waals surface area (Å²) >= 11 is 0. The molecule has 0 bridgehead atoms. The predicted octanol–water partition coefficient (Wildman–Crippen LogP) is 5.63. The van der Waals surface area contributed by atoms with Gasteiger partial charge in [0.25, 0.3) is 0 Å². The number of primary amides is 1. The maximum absolute atomic E-state index is 14.0. The molecule has 2 aromatic rings. The van der Waals surface area contributed by atoms with Gasteiger partial charge in [-0.1, -0.05) is 13.8 Å². The highest BCUT2D eigenvalue weighted by Gasteiger charge is 2.44. The fourth-order valence-electron chi connectivity index (χ4n) is 10.3. The van der Waals surface area contributed by atoms with Crippen molar-refractivity contribution in [3.05, 3.63) is 30.1 Å². The van der Waals surface area contributed by atoms with E-state index in [0.717, 1.165) is 102 Å². The fraction of sp³-hybridized carbons (Fsp3) is 0.732. The summed E-state index contributed by atoms with van der Waals surface area (Å²) in [6, 6.07) is 3.05. The molecule has 5 N–H and O–H groups in total. The van der Waals surface area contributed by atoms with Crippen molar-refractivity contribution < 1.29 is 27.6 Å². The van der Waals surface area contributed by atoms with Gasteiger partial charge < -0.3 is 31.5 Å². The van der Waals surface area contributed by atoms with E-state index in [1.807, 2.05) is 4.90 Å². The summed E-state index contributed by atoms with van der Waals surface area (Å²) in [6.45, 7) is 7.88. The molecule has 0 unspecified atom stereocenters. The van der Waals surface area contributed by atoms with Gasteiger partial charge >= 0.3 is 6.18 Å². The number of nitrogens with one attached hydrogen (secondary N) is 3. The first-order chi connectivity index (χ1) is 26.3. The maximum atomic E-state index is 14.0. The molecule has 4 atom stereocenters. The van der Waals surface area contributed by atoms with Crippen molar-refractivity contribution in [2.24, 2.45) is 28.9 Å². The van der Waals surface area contributed by atoms with Gasteiger partial charge in [0, 0.05) is 35.9 Å². The van der Waals surface area contributed by atoms with Gasteiger partial charge in [0.2, 0.25) is 17.7 Å². The number of hydrogen-bond donors (Lipinski definition) is 4. The Balaban J connectivity index is 0.960. The van der Waals surface area contributed by atoms with Gasteiger partial charge in [0.1, 0.15) is 18.2 Å². The van der Waals surface area contributed by atoms with Crippen molar-refractivity contribution in [1.82, 2.24) is 30.4 Å². The molecule has 7 rings (SSSR count). The lowest BCUT2D eigenvalue weighted by Gasteiger charge is -2.48. The van der Waals surface area contributed by atoms with E-state index < -0.39 is 17.8 Å². The van der Waals surface area contributed by atoms with Gasteiger partial charge in [-0.15, -0.1) is 0 Å². The lowest BCUT2D eigenvalue weighted by molar-refractivity contribution is -0.137. The molecule has 2 aliphatic heterocycles. The number of alkyl halides is 3. The van der Waals surface area contributed by atoms with Crippen LogP contribution >= 0.6 is 0 Å². The summed E-state index contributed by atoms with van der Waals surface area (Å²) in [5.74, 6) is 0.480. The zero-order chi connectivity index (χ0) is 38.9. The fourth-order valence-corrected chi connectivity index (χ4v) is 10.3. The van der Waals surface area contributed by atoms with Crippen LogP contribution in [0.3, 0.4) is 0 Å². The van der Waals surface area contributed by atoms with Crippen LogP contribution < -0.4 is 21.7 Å². The van der Waals surface area contributed by atoms with E-state index in [9.17, 15) is 27.6 Å². The van der Waals surface area contributed by atoms with E-state index in [0.29, 0.717) is 35.9 Å². The summed E-state index contributed by atoms with van der Waals surface area (Å²) < 4.78 is 40.6. The number of hydrogen-bond acceptors (Lipinski definition) is 8. The number of carbonyl (C=O) groups is 3. The second kappa shape index (κ2) is 16.5. The van der Waals surface area contributed by atoms with Crippen molar-refractivity contribution in [3.8, 4) is 0 Å². The van der Waals surface area contributed by atoms with Crippen LogP contribution in [0.2, 0.25) is 0 Å². The minimum atomic E-state index is -4.52. The largest absolute Gasteiger partial charge is 0.416 e. The van der Waals surface area contributed by atoms with Gasteiger partial charge in [0.05, 0.1) is 23.2 Å². The molecule has 5 fully saturated rings. The van der Waals surface area contributed by atoms with Crippen LogP contribution in [0.15, 0.2) is 24.5 Å². The first kappa shape index (κ1) is 39.7. The van der Waals surface area contributed by atoms with Gasteiger partial charge in [0.15, 0.2) is 0 Å². The van der Waals surface area contributed by atoms with Crippen LogP contribution in [-0.4, -0.2) is 93.9 Å². The van der Waals surface area contributed by atoms with Crippen molar-refractivity contribution in [1.29, 1.82) is 0 Å². The van der Waals surface area contributed by atoms with Gasteiger partial charge in [-0.25, -0.2) is 9.97 Å². The molecule has 5 aliphatic rings. The standard InChI is InChI=1S/C41H59F3N8O3/c1-25(2)23-46-29-6-10-35(52-18-13-33(39(52)55)49-37-31-21-28(41(42,43)44)5-9-32(31)47-24-48-37)34(22-29)50-38(54)27-3-7-30(8-4-27)51-19-16-40(17-20-51)14-11-26(12-15-40)36(45)53/h5,9,21,24-27,29-30,33-35,46H,3-4,6-8,10-20,22-23H2,1-2H3,(H2,45,53)(H,50,54)(H,47,48,49)/t27?,29-,30?,33+,34-,35+/m1/s1. The monoisotopic (exact) mass is 768 g/mol. The van der Waals surface area contributed by atoms with Crippen molar-refractivity contribution in [2.45, 2.75) is 140 Å². The highest BCUT2D eigenvalue weighted by molar-refractivity contribution is 5.93. The van der Waals surface area contributed by atoms with Crippen LogP contribution in [0.5, 0.6) is 0 Å². The number of likely N-dealkylation sites (tertiary alicyclic amines) is 2. The Kier molecular flexibility index (Phi) is 11.9. The molecule has 2 saturated heterocycles. The Morgan fingerprint density at radius 1 is 0.927 bits per heavy atom. The number of nitrogens with two attached hydrogens (primary N) is 1. The molecule has 3 aliphatic carbocycles. The SMILES string of the molecule is CC(C)CN[C@@H]1CC[C@H](N2CC[C@H](Nc3ncnc4ccc(C(F)(F)F)cc34)C2=O)[C@H](NC(=O)C2CCC(N3CCC4(CCC(C(N)=O)CC4)CC3)CC2)C1. The van der Waals surface area contributed by atoms with Gasteiger partial charge in [-0.3, -0.25) is 14.4 Å². The quantitative estimate of drug-likeness (QED) is 0.244. The van der Waals surface area contributed by atoms with E-state index in [4.69, 9.17) is 5.73 Å². The highest BCUT2D eigenvalue weighted by atomic mass is 19.4. The highest BCUT2D eigenvalue weighted by Crippen LogP contribution is 2.47. The Bertz CT molecular complexity index is 1680. The number of fused-ring (bicyclic) bond motifs is 1. The van der Waals surface area contributed by atoms with Crippen molar-refractivity contribution >= 4 is 34.4 Å². The number of aromatic nitrogens is 2. The lowest BCUT2D eigenvalue weighted by Crippen LogP contribution is -2.59. The zero-order valence-electron chi connectivity index (χ0n) is 32.4. The number of carbonyl (C=O) groups excluding carboxylic acids is 3. The van der Waals surface area contributed by atoms with Crippen molar-refractivity contribution in [2.75, 3.05) is 31.5 Å². The Labute approximate surface area is 322 Å². The Morgan fingerprint density at radius 3 is 2.33 bits per heavy atom. The molecule has 0 radical (unpaired) electrons. The summed E-state index contributed by atoms with van der Waals surface area (Å²) in [5, 5.41) is 10.5. The second-order valence-electron chi connectivity index (χ2n) is 17.7. The molecule has 1 spiro atoms. The molecule has 1 aromatic heterocycles. The molecule has 14 heteroatoms. The van der Waals surface area contributed by atoms with E-state index in [-0.39, 0.29) is 58.9 Å². The molecule has 11 nitrogen and oxygen atoms in total. The lowest BCUT2D eigenvalue weighted by atomic mass is 9.65. The Hall–Kier alpha value is -3.52. The Morgan fingerprint density at radius 2 is 1.65 bits per heavy atom. The van der Waals surface area contributed by atoms with Crippen LogP contribution in [0, 0.1) is 23.2 Å². The van der Waals surface area contributed by atoms with Gasteiger partial charge in [-0.2, -0.15) is 13.2 Å². The van der Waals surface area contributed by atoms with Crippen LogP contribution in [0.1, 0.15) is 109 Å². The molecule has 55 heavy (non-hydrogen) atoms. The normalized spacial score (nSPS) is 29.6. The smallest absolute Gasteiger partial charge is 0.369 e. The summed E-state index contributed by atoms with van der Waals surface area (Å²) in [6.07, 6.45) is 9.71. The first-order valence-corrected chi connectivity index (χ1v) is 20.7. The average molecular weight is 769 g/mol. The number of nitrogens with zero attached hydrogens (tertiary/aromatic N) is 4. The van der Waals surface area contributed by atoms with Gasteiger partial charge in [-0.05, 0) is 139 Å². The molecular formula is C41H59F3N8O3. The van der Waals surface area contributed by atoms with E-state index in [1.54, 1.807) is 0 Å². The molecule has 3 heterocycles. The number of amides is 3. The number of halogens is 3. The number of anilines is 1. The molecule has 302 valence electrons. The van der Waals surface area contributed by atoms with Crippen LogP contribution in [0.4, 0.5) is 19.0 Å².